The lowest BCUT2D eigenvalue weighted by atomic mass is 9.69. The molecule has 1 aliphatic carbocycles. The van der Waals surface area contributed by atoms with E-state index in [-0.39, 0.29) is 17.7 Å². The number of carbonyl (C=O) groups excluding carboxylic acids is 2. The van der Waals surface area contributed by atoms with Crippen molar-refractivity contribution in [3.8, 4) is 11.5 Å². The Kier molecular flexibility index (Phi) is 8.07. The molecule has 1 aromatic carbocycles. The van der Waals surface area contributed by atoms with Gasteiger partial charge in [0.05, 0.1) is 14.2 Å². The molecule has 6 heteroatoms. The summed E-state index contributed by atoms with van der Waals surface area (Å²) in [6.45, 7) is 8.19. The summed E-state index contributed by atoms with van der Waals surface area (Å²) in [6, 6.07) is 5.53. The van der Waals surface area contributed by atoms with Crippen LogP contribution in [0.25, 0.3) is 0 Å². The van der Waals surface area contributed by atoms with Crippen LogP contribution in [0, 0.1) is 17.3 Å². The van der Waals surface area contributed by atoms with Crippen molar-refractivity contribution in [2.45, 2.75) is 71.8 Å². The molecule has 3 rings (SSSR count). The Labute approximate surface area is 193 Å². The molecular weight excluding hydrogens is 404 g/mol. The summed E-state index contributed by atoms with van der Waals surface area (Å²) in [4.78, 5) is 27.7. The van der Waals surface area contributed by atoms with Crippen molar-refractivity contribution >= 4 is 11.8 Å². The highest BCUT2D eigenvalue weighted by molar-refractivity contribution is 5.95. The molecule has 2 amide bonds. The van der Waals surface area contributed by atoms with Gasteiger partial charge in [0, 0.05) is 36.7 Å². The minimum absolute atomic E-state index is 0.0105. The summed E-state index contributed by atoms with van der Waals surface area (Å²) in [5.41, 5.74) is 0.942. The maximum Gasteiger partial charge on any atom is 0.254 e. The van der Waals surface area contributed by atoms with Crippen molar-refractivity contribution < 1.29 is 19.1 Å². The zero-order valence-electron chi connectivity index (χ0n) is 20.4. The Hall–Kier alpha value is -2.24. The fourth-order valence-electron chi connectivity index (χ4n) is 5.09. The van der Waals surface area contributed by atoms with Crippen LogP contribution in [-0.2, 0) is 4.79 Å². The highest BCUT2D eigenvalue weighted by Gasteiger charge is 2.34. The van der Waals surface area contributed by atoms with Gasteiger partial charge in [-0.1, -0.05) is 27.2 Å². The van der Waals surface area contributed by atoms with Crippen molar-refractivity contribution in [2.24, 2.45) is 17.3 Å². The van der Waals surface area contributed by atoms with Gasteiger partial charge < -0.3 is 19.7 Å². The molecule has 32 heavy (non-hydrogen) atoms. The summed E-state index contributed by atoms with van der Waals surface area (Å²) >= 11 is 0. The smallest absolute Gasteiger partial charge is 0.254 e. The third kappa shape index (κ3) is 5.76. The number of rotatable bonds is 7. The van der Waals surface area contributed by atoms with Gasteiger partial charge in [-0.15, -0.1) is 0 Å². The van der Waals surface area contributed by atoms with Crippen LogP contribution in [0.2, 0.25) is 0 Å². The average molecular weight is 445 g/mol. The van der Waals surface area contributed by atoms with Gasteiger partial charge in [-0.05, 0) is 62.0 Å². The first-order valence-electron chi connectivity index (χ1n) is 12.1. The number of piperidine rings is 1. The van der Waals surface area contributed by atoms with Crippen molar-refractivity contribution in [3.63, 3.8) is 0 Å². The van der Waals surface area contributed by atoms with Crippen LogP contribution in [0.1, 0.15) is 76.1 Å². The number of hydrogen-bond donors (Lipinski definition) is 1. The quantitative estimate of drug-likeness (QED) is 0.664. The van der Waals surface area contributed by atoms with Gasteiger partial charge in [0.2, 0.25) is 5.91 Å². The van der Waals surface area contributed by atoms with E-state index in [2.05, 4.69) is 26.1 Å². The fraction of sp³-hybridized carbons (Fsp3) is 0.692. The van der Waals surface area contributed by atoms with Gasteiger partial charge in [-0.25, -0.2) is 0 Å². The first kappa shape index (κ1) is 24.4. The average Bonchev–Trinajstić information content (AvgIpc) is 2.83. The number of benzene rings is 1. The van der Waals surface area contributed by atoms with Gasteiger partial charge in [0.25, 0.3) is 5.91 Å². The van der Waals surface area contributed by atoms with Gasteiger partial charge in [0.15, 0.2) is 0 Å². The molecule has 1 N–H and O–H groups in total. The third-order valence-corrected chi connectivity index (χ3v) is 7.84. The normalized spacial score (nSPS) is 22.3. The summed E-state index contributed by atoms with van der Waals surface area (Å²) in [6.07, 6.45) is 7.16. The summed E-state index contributed by atoms with van der Waals surface area (Å²) in [7, 11) is 3.15. The van der Waals surface area contributed by atoms with Crippen molar-refractivity contribution in [1.82, 2.24) is 10.2 Å². The van der Waals surface area contributed by atoms with E-state index < -0.39 is 0 Å². The van der Waals surface area contributed by atoms with Gasteiger partial charge in [-0.3, -0.25) is 9.59 Å². The Morgan fingerprint density at radius 1 is 0.969 bits per heavy atom. The lowest BCUT2D eigenvalue weighted by molar-refractivity contribution is -0.127. The molecule has 1 aliphatic heterocycles. The zero-order valence-corrected chi connectivity index (χ0v) is 20.4. The number of carbonyl (C=O) groups is 2. The molecule has 0 aromatic heterocycles. The van der Waals surface area contributed by atoms with Crippen molar-refractivity contribution in [2.75, 3.05) is 27.3 Å². The van der Waals surface area contributed by atoms with Crippen LogP contribution in [0.5, 0.6) is 11.5 Å². The molecule has 6 nitrogen and oxygen atoms in total. The van der Waals surface area contributed by atoms with Crippen LogP contribution in [0.15, 0.2) is 18.2 Å². The van der Waals surface area contributed by atoms with E-state index in [1.165, 1.54) is 19.3 Å². The second kappa shape index (κ2) is 10.6. The van der Waals surface area contributed by atoms with Crippen LogP contribution in [0.4, 0.5) is 0 Å². The Morgan fingerprint density at radius 3 is 2.03 bits per heavy atom. The monoisotopic (exact) mass is 444 g/mol. The second-order valence-electron chi connectivity index (χ2n) is 10.1. The minimum atomic E-state index is -0.0436. The van der Waals surface area contributed by atoms with Gasteiger partial charge in [-0.2, -0.15) is 0 Å². The Bertz CT molecular complexity index is 769. The molecule has 1 aromatic rings. The highest BCUT2D eigenvalue weighted by atomic mass is 16.5. The fourth-order valence-corrected chi connectivity index (χ4v) is 5.09. The first-order chi connectivity index (χ1) is 15.3. The van der Waals surface area contributed by atoms with Gasteiger partial charge >= 0.3 is 0 Å². The van der Waals surface area contributed by atoms with E-state index in [4.69, 9.17) is 9.47 Å². The Balaban J connectivity index is 1.48. The SMILES string of the molecule is CCC(C)(C)C1CCC(NC(=O)C2CCN(C(=O)c3cc(OC)cc(OC)c3)CC2)CC1. The van der Waals surface area contributed by atoms with Crippen LogP contribution in [-0.4, -0.2) is 50.1 Å². The van der Waals surface area contributed by atoms with Crippen molar-refractivity contribution in [3.05, 3.63) is 23.8 Å². The third-order valence-electron chi connectivity index (χ3n) is 7.84. The van der Waals surface area contributed by atoms with Crippen LogP contribution in [0.3, 0.4) is 0 Å². The summed E-state index contributed by atoms with van der Waals surface area (Å²) in [5, 5.41) is 3.31. The van der Waals surface area contributed by atoms with Crippen LogP contribution >= 0.6 is 0 Å². The summed E-state index contributed by atoms with van der Waals surface area (Å²) in [5.74, 6) is 2.06. The molecule has 1 saturated carbocycles. The molecular formula is C26H40N2O4. The van der Waals surface area contributed by atoms with E-state index in [1.54, 1.807) is 32.4 Å². The minimum Gasteiger partial charge on any atom is -0.497 e. The van der Waals surface area contributed by atoms with Gasteiger partial charge in [0.1, 0.15) is 11.5 Å². The molecule has 1 saturated heterocycles. The topological polar surface area (TPSA) is 67.9 Å². The van der Waals surface area contributed by atoms with E-state index in [0.717, 1.165) is 18.8 Å². The molecule has 178 valence electrons. The Morgan fingerprint density at radius 2 is 1.53 bits per heavy atom. The molecule has 0 spiro atoms. The lowest BCUT2D eigenvalue weighted by Gasteiger charge is -2.39. The molecule has 0 radical (unpaired) electrons. The van der Waals surface area contributed by atoms with E-state index in [1.807, 2.05) is 4.90 Å². The van der Waals surface area contributed by atoms with E-state index >= 15 is 0 Å². The number of likely N-dealkylation sites (tertiary alicyclic amines) is 1. The number of nitrogens with zero attached hydrogens (tertiary/aromatic N) is 1. The number of nitrogens with one attached hydrogen (secondary N) is 1. The molecule has 0 bridgehead atoms. The van der Waals surface area contributed by atoms with E-state index in [9.17, 15) is 9.59 Å². The molecule has 2 aliphatic rings. The zero-order chi connectivity index (χ0) is 23.3. The maximum atomic E-state index is 13.0. The molecule has 0 atom stereocenters. The van der Waals surface area contributed by atoms with E-state index in [0.29, 0.717) is 54.5 Å². The number of hydrogen-bond acceptors (Lipinski definition) is 4. The maximum absolute atomic E-state index is 13.0. The predicted octanol–water partition coefficient (Wildman–Crippen LogP) is 4.67. The predicted molar refractivity (Wildman–Crippen MR) is 126 cm³/mol. The molecule has 1 heterocycles. The molecule has 0 unspecified atom stereocenters. The largest absolute Gasteiger partial charge is 0.497 e. The second-order valence-corrected chi connectivity index (χ2v) is 10.1. The standard InChI is InChI=1S/C26H40N2O4/c1-6-26(2,3)20-7-9-21(10-8-20)27-24(29)18-11-13-28(14-12-18)25(30)19-15-22(31-4)17-23(16-19)32-5/h15-18,20-21H,6-14H2,1-5H3,(H,27,29). The summed E-state index contributed by atoms with van der Waals surface area (Å²) < 4.78 is 10.6. The number of methoxy groups -OCH3 is 2. The van der Waals surface area contributed by atoms with Crippen LogP contribution < -0.4 is 14.8 Å². The number of ether oxygens (including phenoxy) is 2. The lowest BCUT2D eigenvalue weighted by Crippen LogP contribution is -2.46. The number of amides is 2. The highest BCUT2D eigenvalue weighted by Crippen LogP contribution is 2.40. The van der Waals surface area contributed by atoms with Crippen molar-refractivity contribution in [1.29, 1.82) is 0 Å². The first-order valence-corrected chi connectivity index (χ1v) is 12.1. The molecule has 2 fully saturated rings.